The van der Waals surface area contributed by atoms with Crippen molar-refractivity contribution in [1.29, 1.82) is 0 Å². The number of hydrogen-bond donors (Lipinski definition) is 1. The van der Waals surface area contributed by atoms with Crippen LogP contribution in [0.5, 0.6) is 0 Å². The summed E-state index contributed by atoms with van der Waals surface area (Å²) in [6, 6.07) is 5.81. The fraction of sp³-hybridized carbons (Fsp3) is 0.200. The maximum Gasteiger partial charge on any atom is 0.286 e. The summed E-state index contributed by atoms with van der Waals surface area (Å²) in [6.07, 6.45) is 3.22. The van der Waals surface area contributed by atoms with Crippen LogP contribution in [0.25, 0.3) is 0 Å². The van der Waals surface area contributed by atoms with E-state index in [9.17, 15) is 14.0 Å². The average Bonchev–Trinajstić information content (AvgIpc) is 2.53. The third-order valence-corrected chi connectivity index (χ3v) is 3.47. The molecular weight excluding hydrogens is 287 g/mol. The van der Waals surface area contributed by atoms with Crippen LogP contribution in [0.1, 0.15) is 32.2 Å². The van der Waals surface area contributed by atoms with Gasteiger partial charge >= 0.3 is 0 Å². The number of primary amides is 1. The molecule has 22 heavy (non-hydrogen) atoms. The molecule has 2 amide bonds. The van der Waals surface area contributed by atoms with Gasteiger partial charge in [0.2, 0.25) is 5.82 Å². The first kappa shape index (κ1) is 14.1. The monoisotopic (exact) mass is 299 g/mol. The smallest absolute Gasteiger partial charge is 0.286 e. The van der Waals surface area contributed by atoms with Crippen molar-refractivity contribution >= 4 is 11.8 Å². The van der Waals surface area contributed by atoms with Crippen molar-refractivity contribution in [3.05, 3.63) is 58.9 Å². The second kappa shape index (κ2) is 5.51. The third-order valence-electron chi connectivity index (χ3n) is 3.47. The van der Waals surface area contributed by atoms with Gasteiger partial charge < -0.3 is 10.6 Å². The predicted octanol–water partition coefficient (Wildman–Crippen LogP) is 0.713. The largest absolute Gasteiger partial charge is 0.363 e. The van der Waals surface area contributed by atoms with E-state index in [1.165, 1.54) is 23.1 Å². The highest BCUT2D eigenvalue weighted by Gasteiger charge is 2.25. The third kappa shape index (κ3) is 2.52. The lowest BCUT2D eigenvalue weighted by atomic mass is 10.1. The molecule has 1 aromatic heterocycles. The van der Waals surface area contributed by atoms with Crippen molar-refractivity contribution in [2.45, 2.75) is 13.0 Å². The average molecular weight is 299 g/mol. The number of nitrogens with zero attached hydrogens (tertiary/aromatic N) is 3. The first-order valence-electron chi connectivity index (χ1n) is 6.67. The normalized spacial score (nSPS) is 13.6. The number of benzene rings is 1. The van der Waals surface area contributed by atoms with Crippen LogP contribution < -0.4 is 5.73 Å². The lowest BCUT2D eigenvalue weighted by molar-refractivity contribution is 0.0726. The predicted molar refractivity (Wildman–Crippen MR) is 74.2 cm³/mol. The van der Waals surface area contributed by atoms with Crippen molar-refractivity contribution in [1.82, 2.24) is 14.9 Å². The number of fused-ring (bicyclic) bond motifs is 1. The van der Waals surface area contributed by atoms with Crippen molar-refractivity contribution in [3.63, 3.8) is 0 Å². The van der Waals surface area contributed by atoms with E-state index in [1.807, 2.05) is 0 Å². The summed E-state index contributed by atoms with van der Waals surface area (Å²) in [5, 5.41) is 0. The Labute approximate surface area is 125 Å². The molecule has 3 rings (SSSR count). The molecule has 0 spiro atoms. The maximum absolute atomic E-state index is 13.7. The Morgan fingerprint density at radius 2 is 2.09 bits per heavy atom. The summed E-state index contributed by atoms with van der Waals surface area (Å²) < 4.78 is 13.7. The second-order valence-electron chi connectivity index (χ2n) is 4.91. The van der Waals surface area contributed by atoms with Gasteiger partial charge in [-0.2, -0.15) is 0 Å². The number of halogens is 1. The van der Waals surface area contributed by atoms with Gasteiger partial charge in [0.05, 0.1) is 24.0 Å². The maximum atomic E-state index is 13.7. The SMILES string of the molecule is NC(=O)c1n[c]c2c(n1)CN(C(=O)c1ccccc1F)CC2. The summed E-state index contributed by atoms with van der Waals surface area (Å²) in [6.45, 7) is 0.581. The fourth-order valence-electron chi connectivity index (χ4n) is 2.33. The van der Waals surface area contributed by atoms with Crippen molar-refractivity contribution in [3.8, 4) is 0 Å². The molecule has 2 N–H and O–H groups in total. The summed E-state index contributed by atoms with van der Waals surface area (Å²) in [4.78, 5) is 32.8. The Morgan fingerprint density at radius 1 is 1.32 bits per heavy atom. The molecule has 0 aliphatic carbocycles. The molecule has 0 saturated heterocycles. The molecule has 0 fully saturated rings. The van der Waals surface area contributed by atoms with Gasteiger partial charge in [-0.3, -0.25) is 9.59 Å². The number of aromatic nitrogens is 2. The summed E-state index contributed by atoms with van der Waals surface area (Å²) in [5.41, 5.74) is 6.40. The van der Waals surface area contributed by atoms with Crippen LogP contribution in [-0.2, 0) is 13.0 Å². The molecule has 2 aromatic rings. The molecule has 1 aromatic carbocycles. The molecule has 2 heterocycles. The number of hydrogen-bond acceptors (Lipinski definition) is 4. The molecule has 0 atom stereocenters. The molecule has 7 heteroatoms. The van der Waals surface area contributed by atoms with Gasteiger partial charge in [-0.05, 0) is 18.6 Å². The fourth-order valence-corrected chi connectivity index (χ4v) is 2.33. The Bertz CT molecular complexity index is 763. The first-order chi connectivity index (χ1) is 10.6. The minimum absolute atomic E-state index is 0.0131. The zero-order valence-corrected chi connectivity index (χ0v) is 11.5. The number of amides is 2. The first-order valence-corrected chi connectivity index (χ1v) is 6.67. The minimum atomic E-state index is -0.753. The Hall–Kier alpha value is -2.83. The molecule has 0 unspecified atom stereocenters. The highest BCUT2D eigenvalue weighted by Crippen LogP contribution is 2.19. The summed E-state index contributed by atoms with van der Waals surface area (Å²) >= 11 is 0. The molecular formula is C15H12FN4O2. The van der Waals surface area contributed by atoms with E-state index in [-0.39, 0.29) is 17.9 Å². The number of nitrogens with two attached hydrogens (primary N) is 1. The number of rotatable bonds is 2. The van der Waals surface area contributed by atoms with Crippen LogP contribution in [-0.4, -0.2) is 33.2 Å². The van der Waals surface area contributed by atoms with Gasteiger partial charge in [0.15, 0.2) is 0 Å². The van der Waals surface area contributed by atoms with Crippen LogP contribution in [0.2, 0.25) is 0 Å². The standard InChI is InChI=1S/C15H12FN4O2/c16-11-4-2-1-3-10(11)15(22)20-6-5-9-7-18-14(13(17)21)19-12(9)8-20/h1-4H,5-6,8H2,(H2,17,21). The molecule has 111 valence electrons. The van der Waals surface area contributed by atoms with E-state index in [0.29, 0.717) is 18.7 Å². The topological polar surface area (TPSA) is 89.2 Å². The second-order valence-corrected chi connectivity index (χ2v) is 4.91. The lowest BCUT2D eigenvalue weighted by Gasteiger charge is -2.28. The van der Waals surface area contributed by atoms with E-state index >= 15 is 0 Å². The lowest BCUT2D eigenvalue weighted by Crippen LogP contribution is -2.37. The van der Waals surface area contributed by atoms with E-state index in [4.69, 9.17) is 5.73 Å². The molecule has 0 saturated carbocycles. The van der Waals surface area contributed by atoms with Gasteiger partial charge in [0, 0.05) is 12.1 Å². The van der Waals surface area contributed by atoms with Crippen LogP contribution in [0.15, 0.2) is 24.3 Å². The van der Waals surface area contributed by atoms with Gasteiger partial charge in [-0.15, -0.1) is 0 Å². The number of carbonyl (C=O) groups excluding carboxylic acids is 2. The van der Waals surface area contributed by atoms with Crippen LogP contribution in [0.3, 0.4) is 0 Å². The molecule has 1 radical (unpaired) electrons. The van der Waals surface area contributed by atoms with Crippen molar-refractivity contribution in [2.75, 3.05) is 6.54 Å². The highest BCUT2D eigenvalue weighted by molar-refractivity contribution is 5.94. The van der Waals surface area contributed by atoms with Gasteiger partial charge in [-0.25, -0.2) is 14.4 Å². The van der Waals surface area contributed by atoms with E-state index in [1.54, 1.807) is 6.07 Å². The quantitative estimate of drug-likeness (QED) is 0.884. The Kier molecular flexibility index (Phi) is 3.54. The van der Waals surface area contributed by atoms with E-state index in [2.05, 4.69) is 16.2 Å². The minimum Gasteiger partial charge on any atom is -0.363 e. The van der Waals surface area contributed by atoms with E-state index in [0.717, 1.165) is 5.56 Å². The molecule has 0 bridgehead atoms. The zero-order valence-electron chi connectivity index (χ0n) is 11.5. The summed E-state index contributed by atoms with van der Waals surface area (Å²) in [5.74, 6) is -1.87. The zero-order chi connectivity index (χ0) is 15.7. The van der Waals surface area contributed by atoms with Crippen molar-refractivity contribution in [2.24, 2.45) is 5.73 Å². The van der Waals surface area contributed by atoms with E-state index < -0.39 is 17.6 Å². The Balaban J connectivity index is 1.87. The Morgan fingerprint density at radius 3 is 2.82 bits per heavy atom. The van der Waals surface area contributed by atoms with Crippen LogP contribution in [0, 0.1) is 12.0 Å². The van der Waals surface area contributed by atoms with Gasteiger partial charge in [-0.1, -0.05) is 12.1 Å². The van der Waals surface area contributed by atoms with Crippen molar-refractivity contribution < 1.29 is 14.0 Å². The van der Waals surface area contributed by atoms with Crippen LogP contribution >= 0.6 is 0 Å². The van der Waals surface area contributed by atoms with Gasteiger partial charge in [0.25, 0.3) is 11.8 Å². The number of carbonyl (C=O) groups is 2. The van der Waals surface area contributed by atoms with Crippen LogP contribution in [0.4, 0.5) is 4.39 Å². The summed E-state index contributed by atoms with van der Waals surface area (Å²) in [7, 11) is 0. The molecule has 1 aliphatic rings. The highest BCUT2D eigenvalue weighted by atomic mass is 19.1. The molecule has 6 nitrogen and oxygen atoms in total. The molecule has 1 aliphatic heterocycles. The van der Waals surface area contributed by atoms with Gasteiger partial charge in [0.1, 0.15) is 5.82 Å².